The smallest absolute Gasteiger partial charge is 0.308 e. The SMILES string of the molecule is CN1CCC2(CC1)CN(Cc1ccccc1Cl)C[C@@H]2C(=O)O. The molecule has 0 radical (unpaired) electrons. The topological polar surface area (TPSA) is 43.8 Å². The lowest BCUT2D eigenvalue weighted by atomic mass is 9.71. The second-order valence-electron chi connectivity index (χ2n) is 6.82. The van der Waals surface area contributed by atoms with Gasteiger partial charge in [0.1, 0.15) is 0 Å². The second-order valence-corrected chi connectivity index (χ2v) is 7.22. The Labute approximate surface area is 136 Å². The Kier molecular flexibility index (Phi) is 4.44. The number of benzene rings is 1. The number of hydrogen-bond donors (Lipinski definition) is 1. The van der Waals surface area contributed by atoms with Crippen molar-refractivity contribution in [3.05, 3.63) is 34.9 Å². The molecule has 0 unspecified atom stereocenters. The fraction of sp³-hybridized carbons (Fsp3) is 0.588. The number of aliphatic carboxylic acids is 1. The van der Waals surface area contributed by atoms with Crippen LogP contribution in [0.3, 0.4) is 0 Å². The molecule has 0 aliphatic carbocycles. The quantitative estimate of drug-likeness (QED) is 0.929. The molecule has 1 spiro atoms. The number of hydrogen-bond acceptors (Lipinski definition) is 3. The number of halogens is 1. The summed E-state index contributed by atoms with van der Waals surface area (Å²) in [5.41, 5.74) is 1.01. The van der Waals surface area contributed by atoms with E-state index in [1.165, 1.54) is 0 Å². The van der Waals surface area contributed by atoms with E-state index in [-0.39, 0.29) is 11.3 Å². The molecule has 2 aliphatic heterocycles. The van der Waals surface area contributed by atoms with Gasteiger partial charge in [0.05, 0.1) is 5.92 Å². The summed E-state index contributed by atoms with van der Waals surface area (Å²) in [5, 5.41) is 10.4. The van der Waals surface area contributed by atoms with Gasteiger partial charge in [0.15, 0.2) is 0 Å². The van der Waals surface area contributed by atoms with Gasteiger partial charge in [-0.1, -0.05) is 29.8 Å². The lowest BCUT2D eigenvalue weighted by Crippen LogP contribution is -2.44. The van der Waals surface area contributed by atoms with Gasteiger partial charge in [0.25, 0.3) is 0 Å². The summed E-state index contributed by atoms with van der Waals surface area (Å²) in [6.07, 6.45) is 1.94. The summed E-state index contributed by atoms with van der Waals surface area (Å²) in [6.45, 7) is 4.21. The highest BCUT2D eigenvalue weighted by Gasteiger charge is 2.50. The third kappa shape index (κ3) is 3.00. The molecule has 2 saturated heterocycles. The number of piperidine rings is 1. The van der Waals surface area contributed by atoms with Crippen molar-refractivity contribution >= 4 is 17.6 Å². The molecule has 4 nitrogen and oxygen atoms in total. The first-order valence-corrected chi connectivity index (χ1v) is 8.25. The van der Waals surface area contributed by atoms with Crippen LogP contribution in [0.5, 0.6) is 0 Å². The molecule has 0 amide bonds. The van der Waals surface area contributed by atoms with Crippen LogP contribution in [0.1, 0.15) is 18.4 Å². The molecule has 3 rings (SSSR count). The van der Waals surface area contributed by atoms with Crippen LogP contribution in [0.2, 0.25) is 5.02 Å². The zero-order valence-corrected chi connectivity index (χ0v) is 13.7. The number of carboxylic acid groups (broad SMARTS) is 1. The summed E-state index contributed by atoms with van der Waals surface area (Å²) < 4.78 is 0. The Morgan fingerprint density at radius 3 is 2.68 bits per heavy atom. The average Bonchev–Trinajstić information content (AvgIpc) is 2.84. The number of carboxylic acids is 1. The van der Waals surface area contributed by atoms with Crippen molar-refractivity contribution in [1.82, 2.24) is 9.80 Å². The fourth-order valence-corrected chi connectivity index (χ4v) is 4.17. The number of likely N-dealkylation sites (tertiary alicyclic amines) is 2. The molecule has 2 heterocycles. The molecule has 0 aromatic heterocycles. The van der Waals surface area contributed by atoms with Crippen LogP contribution >= 0.6 is 11.6 Å². The third-order valence-corrected chi connectivity index (χ3v) is 5.72. The maximum atomic E-state index is 11.8. The maximum Gasteiger partial charge on any atom is 0.308 e. The highest BCUT2D eigenvalue weighted by molar-refractivity contribution is 6.31. The number of rotatable bonds is 3. The summed E-state index contributed by atoms with van der Waals surface area (Å²) >= 11 is 6.25. The number of carbonyl (C=O) groups is 1. The predicted molar refractivity (Wildman–Crippen MR) is 87.0 cm³/mol. The molecule has 2 aliphatic rings. The summed E-state index contributed by atoms with van der Waals surface area (Å²) in [7, 11) is 2.11. The monoisotopic (exact) mass is 322 g/mol. The van der Waals surface area contributed by atoms with Gasteiger partial charge in [-0.25, -0.2) is 0 Å². The van der Waals surface area contributed by atoms with Gasteiger partial charge in [-0.05, 0) is 44.6 Å². The minimum absolute atomic E-state index is 0.0698. The van der Waals surface area contributed by atoms with Crippen molar-refractivity contribution in [2.24, 2.45) is 11.3 Å². The van der Waals surface area contributed by atoms with Crippen molar-refractivity contribution in [1.29, 1.82) is 0 Å². The average molecular weight is 323 g/mol. The van der Waals surface area contributed by atoms with Crippen molar-refractivity contribution in [3.8, 4) is 0 Å². The van der Waals surface area contributed by atoms with E-state index in [0.29, 0.717) is 6.54 Å². The Balaban J connectivity index is 1.76. The summed E-state index contributed by atoms with van der Waals surface area (Å²) in [6, 6.07) is 7.83. The first-order chi connectivity index (χ1) is 10.5. The zero-order valence-electron chi connectivity index (χ0n) is 13.0. The van der Waals surface area contributed by atoms with Crippen LogP contribution in [-0.2, 0) is 11.3 Å². The van der Waals surface area contributed by atoms with Crippen LogP contribution in [0.4, 0.5) is 0 Å². The first-order valence-electron chi connectivity index (χ1n) is 7.87. The summed E-state index contributed by atoms with van der Waals surface area (Å²) in [4.78, 5) is 16.3. The molecule has 120 valence electrons. The highest BCUT2D eigenvalue weighted by atomic mass is 35.5. The summed E-state index contributed by atoms with van der Waals surface area (Å²) in [5.74, 6) is -0.908. The van der Waals surface area contributed by atoms with Gasteiger partial charge in [0, 0.05) is 30.1 Å². The Hall–Kier alpha value is -1.10. The van der Waals surface area contributed by atoms with Crippen LogP contribution in [0.15, 0.2) is 24.3 Å². The van der Waals surface area contributed by atoms with Crippen LogP contribution < -0.4 is 0 Å². The van der Waals surface area contributed by atoms with E-state index in [4.69, 9.17) is 11.6 Å². The van der Waals surface area contributed by atoms with Gasteiger partial charge >= 0.3 is 5.97 Å². The fourth-order valence-electron chi connectivity index (χ4n) is 3.97. The molecule has 0 saturated carbocycles. The molecule has 1 N–H and O–H groups in total. The van der Waals surface area contributed by atoms with Crippen molar-refractivity contribution in [2.45, 2.75) is 19.4 Å². The molecule has 5 heteroatoms. The molecule has 1 atom stereocenters. The Morgan fingerprint density at radius 2 is 2.05 bits per heavy atom. The molecule has 1 aromatic rings. The minimum Gasteiger partial charge on any atom is -0.481 e. The maximum absolute atomic E-state index is 11.8. The van der Waals surface area contributed by atoms with E-state index in [2.05, 4.69) is 16.8 Å². The Bertz CT molecular complexity index is 555. The molecule has 1 aromatic carbocycles. The van der Waals surface area contributed by atoms with Gasteiger partial charge in [-0.2, -0.15) is 0 Å². The minimum atomic E-state index is -0.647. The normalized spacial score (nSPS) is 25.6. The van der Waals surface area contributed by atoms with Crippen LogP contribution in [0.25, 0.3) is 0 Å². The van der Waals surface area contributed by atoms with E-state index in [0.717, 1.165) is 49.6 Å². The van der Waals surface area contributed by atoms with Gasteiger partial charge < -0.3 is 10.0 Å². The number of nitrogens with zero attached hydrogens (tertiary/aromatic N) is 2. The van der Waals surface area contributed by atoms with Gasteiger partial charge in [-0.15, -0.1) is 0 Å². The molecule has 22 heavy (non-hydrogen) atoms. The van der Waals surface area contributed by atoms with Crippen molar-refractivity contribution in [3.63, 3.8) is 0 Å². The van der Waals surface area contributed by atoms with E-state index >= 15 is 0 Å². The van der Waals surface area contributed by atoms with Crippen molar-refractivity contribution in [2.75, 3.05) is 33.2 Å². The van der Waals surface area contributed by atoms with Crippen LogP contribution in [-0.4, -0.2) is 54.1 Å². The van der Waals surface area contributed by atoms with E-state index in [1.807, 2.05) is 24.3 Å². The molecule has 0 bridgehead atoms. The lowest BCUT2D eigenvalue weighted by molar-refractivity contribution is -0.145. The molecular weight excluding hydrogens is 300 g/mol. The third-order valence-electron chi connectivity index (χ3n) is 5.35. The van der Waals surface area contributed by atoms with E-state index in [1.54, 1.807) is 0 Å². The molecular formula is C17H23ClN2O2. The van der Waals surface area contributed by atoms with Gasteiger partial charge in [0.2, 0.25) is 0 Å². The lowest BCUT2D eigenvalue weighted by Gasteiger charge is -2.40. The van der Waals surface area contributed by atoms with Crippen molar-refractivity contribution < 1.29 is 9.90 Å². The first kappa shape index (κ1) is 15.8. The standard InChI is InChI=1S/C17H23ClN2O2/c1-19-8-6-17(7-9-19)12-20(11-14(17)16(21)22)10-13-4-2-3-5-15(13)18/h2-5,14H,6-12H2,1H3,(H,21,22)/t14-/m1/s1. The molecule has 2 fully saturated rings. The highest BCUT2D eigenvalue weighted by Crippen LogP contribution is 2.45. The van der Waals surface area contributed by atoms with E-state index in [9.17, 15) is 9.90 Å². The largest absolute Gasteiger partial charge is 0.481 e. The van der Waals surface area contributed by atoms with E-state index < -0.39 is 5.97 Å². The predicted octanol–water partition coefficient (Wildman–Crippen LogP) is 2.57. The zero-order chi connectivity index (χ0) is 15.7. The van der Waals surface area contributed by atoms with Crippen LogP contribution in [0, 0.1) is 11.3 Å². The Morgan fingerprint density at radius 1 is 1.36 bits per heavy atom. The second kappa shape index (κ2) is 6.19. The van der Waals surface area contributed by atoms with Gasteiger partial charge in [-0.3, -0.25) is 9.69 Å².